The molecule has 0 spiro atoms. The summed E-state index contributed by atoms with van der Waals surface area (Å²) in [4.78, 5) is 16.1. The number of aliphatic hydroxyl groups excluding tert-OH is 1. The van der Waals surface area contributed by atoms with Crippen molar-refractivity contribution in [3.8, 4) is 0 Å². The van der Waals surface area contributed by atoms with Crippen molar-refractivity contribution in [1.29, 1.82) is 0 Å². The SMILES string of the molecule is O=C(Nc1cc(CSCCO)ccn1)C1CCCN1. The number of thioether (sulfide) groups is 1. The van der Waals surface area contributed by atoms with Crippen molar-refractivity contribution in [3.05, 3.63) is 23.9 Å². The van der Waals surface area contributed by atoms with Crippen molar-refractivity contribution in [2.24, 2.45) is 0 Å². The molecule has 1 atom stereocenters. The zero-order valence-electron chi connectivity index (χ0n) is 10.8. The summed E-state index contributed by atoms with van der Waals surface area (Å²) in [5.74, 6) is 2.12. The number of carbonyl (C=O) groups excluding carboxylic acids is 1. The van der Waals surface area contributed by atoms with Crippen molar-refractivity contribution >= 4 is 23.5 Å². The molecule has 1 saturated heterocycles. The lowest BCUT2D eigenvalue weighted by molar-refractivity contribution is -0.117. The summed E-state index contributed by atoms with van der Waals surface area (Å²) in [6.45, 7) is 1.09. The van der Waals surface area contributed by atoms with Crippen molar-refractivity contribution in [3.63, 3.8) is 0 Å². The lowest BCUT2D eigenvalue weighted by Gasteiger charge is -2.11. The second kappa shape index (κ2) is 7.47. The van der Waals surface area contributed by atoms with Gasteiger partial charge in [0.15, 0.2) is 0 Å². The van der Waals surface area contributed by atoms with Gasteiger partial charge in [0.25, 0.3) is 0 Å². The van der Waals surface area contributed by atoms with Crippen LogP contribution in [-0.4, -0.2) is 40.9 Å². The van der Waals surface area contributed by atoms with Gasteiger partial charge in [-0.05, 0) is 37.1 Å². The van der Waals surface area contributed by atoms with E-state index in [-0.39, 0.29) is 18.6 Å². The highest BCUT2D eigenvalue weighted by Crippen LogP contribution is 2.15. The number of anilines is 1. The molecule has 0 bridgehead atoms. The molecule has 104 valence electrons. The Morgan fingerprint density at radius 2 is 2.53 bits per heavy atom. The molecule has 1 aliphatic rings. The molecule has 1 amide bonds. The average Bonchev–Trinajstić information content (AvgIpc) is 2.93. The summed E-state index contributed by atoms with van der Waals surface area (Å²) < 4.78 is 0. The minimum Gasteiger partial charge on any atom is -0.396 e. The summed E-state index contributed by atoms with van der Waals surface area (Å²) in [6, 6.07) is 3.72. The van der Waals surface area contributed by atoms with Crippen LogP contribution < -0.4 is 10.6 Å². The number of aliphatic hydroxyl groups is 1. The second-order valence-electron chi connectivity index (χ2n) is 4.46. The van der Waals surface area contributed by atoms with E-state index in [1.807, 2.05) is 12.1 Å². The van der Waals surface area contributed by atoms with Gasteiger partial charge in [0.05, 0.1) is 12.6 Å². The topological polar surface area (TPSA) is 74.2 Å². The van der Waals surface area contributed by atoms with E-state index in [1.54, 1.807) is 18.0 Å². The molecule has 19 heavy (non-hydrogen) atoms. The van der Waals surface area contributed by atoms with Gasteiger partial charge < -0.3 is 15.7 Å². The number of pyridine rings is 1. The van der Waals surface area contributed by atoms with Crippen LogP contribution >= 0.6 is 11.8 Å². The number of carbonyl (C=O) groups is 1. The van der Waals surface area contributed by atoms with Gasteiger partial charge in [0, 0.05) is 17.7 Å². The van der Waals surface area contributed by atoms with Crippen LogP contribution in [0.2, 0.25) is 0 Å². The minimum absolute atomic E-state index is 0.00911. The first-order valence-electron chi connectivity index (χ1n) is 6.47. The Kier molecular flexibility index (Phi) is 5.62. The Hall–Kier alpha value is -1.11. The number of amides is 1. The third-order valence-electron chi connectivity index (χ3n) is 2.96. The first-order valence-corrected chi connectivity index (χ1v) is 7.63. The van der Waals surface area contributed by atoms with Crippen molar-refractivity contribution in [1.82, 2.24) is 10.3 Å². The molecular weight excluding hydrogens is 262 g/mol. The molecule has 0 saturated carbocycles. The van der Waals surface area contributed by atoms with E-state index in [1.165, 1.54) is 0 Å². The third-order valence-corrected chi connectivity index (χ3v) is 3.97. The van der Waals surface area contributed by atoms with Crippen LogP contribution in [0.1, 0.15) is 18.4 Å². The highest BCUT2D eigenvalue weighted by atomic mass is 32.2. The van der Waals surface area contributed by atoms with Gasteiger partial charge >= 0.3 is 0 Å². The smallest absolute Gasteiger partial charge is 0.242 e. The molecule has 1 aliphatic heterocycles. The summed E-state index contributed by atoms with van der Waals surface area (Å²) >= 11 is 1.66. The van der Waals surface area contributed by atoms with E-state index in [4.69, 9.17) is 5.11 Å². The summed E-state index contributed by atoms with van der Waals surface area (Å²) in [5, 5.41) is 14.7. The fourth-order valence-corrected chi connectivity index (χ4v) is 2.70. The Morgan fingerprint density at radius 1 is 1.63 bits per heavy atom. The van der Waals surface area contributed by atoms with E-state index in [2.05, 4.69) is 15.6 Å². The summed E-state index contributed by atoms with van der Waals surface area (Å²) in [7, 11) is 0. The Morgan fingerprint density at radius 3 is 3.26 bits per heavy atom. The molecule has 3 N–H and O–H groups in total. The standard InChI is InChI=1S/C13H19N3O2S/c17-6-7-19-9-10-3-5-15-12(8-10)16-13(18)11-2-1-4-14-11/h3,5,8,11,14,17H,1-2,4,6-7,9H2,(H,15,16,18). The number of rotatable bonds is 6. The maximum Gasteiger partial charge on any atom is 0.242 e. The van der Waals surface area contributed by atoms with Crippen LogP contribution in [0.5, 0.6) is 0 Å². The van der Waals surface area contributed by atoms with Crippen LogP contribution in [0.3, 0.4) is 0 Å². The molecule has 5 nitrogen and oxygen atoms in total. The molecule has 1 aromatic heterocycles. The summed E-state index contributed by atoms with van der Waals surface area (Å²) in [6.07, 6.45) is 3.63. The molecule has 0 aliphatic carbocycles. The largest absolute Gasteiger partial charge is 0.396 e. The number of nitrogens with zero attached hydrogens (tertiary/aromatic N) is 1. The van der Waals surface area contributed by atoms with Crippen molar-refractivity contribution < 1.29 is 9.90 Å². The van der Waals surface area contributed by atoms with Gasteiger partial charge in [0.1, 0.15) is 5.82 Å². The maximum atomic E-state index is 11.9. The average molecular weight is 281 g/mol. The van der Waals surface area contributed by atoms with Gasteiger partial charge in [-0.3, -0.25) is 4.79 Å². The van der Waals surface area contributed by atoms with Gasteiger partial charge in [-0.15, -0.1) is 0 Å². The van der Waals surface area contributed by atoms with E-state index in [0.29, 0.717) is 5.82 Å². The predicted molar refractivity (Wildman–Crippen MR) is 77.1 cm³/mol. The highest BCUT2D eigenvalue weighted by molar-refractivity contribution is 7.98. The molecule has 1 fully saturated rings. The predicted octanol–water partition coefficient (Wildman–Crippen LogP) is 0.998. The monoisotopic (exact) mass is 281 g/mol. The fraction of sp³-hybridized carbons (Fsp3) is 0.538. The molecule has 0 aromatic carbocycles. The molecular formula is C13H19N3O2S. The zero-order valence-corrected chi connectivity index (χ0v) is 11.6. The first kappa shape index (κ1) is 14.3. The molecule has 1 unspecified atom stereocenters. The molecule has 2 rings (SSSR count). The lowest BCUT2D eigenvalue weighted by atomic mass is 10.2. The molecule has 1 aromatic rings. The van der Waals surface area contributed by atoms with Gasteiger partial charge in [-0.1, -0.05) is 0 Å². The van der Waals surface area contributed by atoms with Gasteiger partial charge in [-0.2, -0.15) is 11.8 Å². The molecule has 2 heterocycles. The minimum atomic E-state index is -0.0887. The third kappa shape index (κ3) is 4.49. The number of hydrogen-bond donors (Lipinski definition) is 3. The van der Waals surface area contributed by atoms with E-state index >= 15 is 0 Å². The van der Waals surface area contributed by atoms with Crippen molar-refractivity contribution in [2.45, 2.75) is 24.6 Å². The van der Waals surface area contributed by atoms with Crippen LogP contribution in [0.15, 0.2) is 18.3 Å². The van der Waals surface area contributed by atoms with Gasteiger partial charge in [-0.25, -0.2) is 4.98 Å². The fourth-order valence-electron chi connectivity index (χ4n) is 2.01. The normalized spacial score (nSPS) is 18.5. The molecule has 6 heteroatoms. The molecule has 0 radical (unpaired) electrons. The van der Waals surface area contributed by atoms with Gasteiger partial charge in [0.2, 0.25) is 5.91 Å². The zero-order chi connectivity index (χ0) is 13.5. The van der Waals surface area contributed by atoms with E-state index in [0.717, 1.165) is 36.5 Å². The van der Waals surface area contributed by atoms with Crippen LogP contribution in [0.25, 0.3) is 0 Å². The quantitative estimate of drug-likeness (QED) is 0.678. The Bertz CT molecular complexity index is 422. The van der Waals surface area contributed by atoms with Crippen LogP contribution in [-0.2, 0) is 10.5 Å². The second-order valence-corrected chi connectivity index (χ2v) is 5.57. The number of nitrogens with one attached hydrogen (secondary N) is 2. The highest BCUT2D eigenvalue weighted by Gasteiger charge is 2.22. The Labute approximate surface area is 117 Å². The number of aromatic nitrogens is 1. The lowest BCUT2D eigenvalue weighted by Crippen LogP contribution is -2.35. The van der Waals surface area contributed by atoms with E-state index in [9.17, 15) is 4.79 Å². The van der Waals surface area contributed by atoms with Crippen molar-refractivity contribution in [2.75, 3.05) is 24.2 Å². The van der Waals surface area contributed by atoms with Crippen LogP contribution in [0, 0.1) is 0 Å². The maximum absolute atomic E-state index is 11.9. The summed E-state index contributed by atoms with van der Waals surface area (Å²) in [5.41, 5.74) is 1.10. The number of hydrogen-bond acceptors (Lipinski definition) is 5. The van der Waals surface area contributed by atoms with E-state index < -0.39 is 0 Å². The first-order chi connectivity index (χ1) is 9.29. The van der Waals surface area contributed by atoms with Crippen LogP contribution in [0.4, 0.5) is 5.82 Å². The Balaban J connectivity index is 1.88.